The van der Waals surface area contributed by atoms with Gasteiger partial charge in [-0.05, 0) is 44.9 Å². The van der Waals surface area contributed by atoms with E-state index in [1.54, 1.807) is 0 Å². The van der Waals surface area contributed by atoms with Crippen LogP contribution in [0.3, 0.4) is 0 Å². The highest BCUT2D eigenvalue weighted by molar-refractivity contribution is 5.75. The van der Waals surface area contributed by atoms with Gasteiger partial charge in [-0.2, -0.15) is 5.10 Å². The van der Waals surface area contributed by atoms with Crippen LogP contribution >= 0.6 is 0 Å². The average molecular weight is 433 g/mol. The lowest BCUT2D eigenvalue weighted by Crippen LogP contribution is -2.31. The van der Waals surface area contributed by atoms with Gasteiger partial charge in [0.15, 0.2) is 0 Å². The lowest BCUT2D eigenvalue weighted by Gasteiger charge is -2.26. The van der Waals surface area contributed by atoms with Gasteiger partial charge in [0, 0.05) is 37.1 Å². The van der Waals surface area contributed by atoms with E-state index >= 15 is 0 Å². The summed E-state index contributed by atoms with van der Waals surface area (Å²) in [6, 6.07) is 4.41. The minimum Gasteiger partial charge on any atom is -0.394 e. The van der Waals surface area contributed by atoms with Crippen molar-refractivity contribution in [3.05, 3.63) is 59.2 Å². The summed E-state index contributed by atoms with van der Waals surface area (Å²) >= 11 is 0. The summed E-state index contributed by atoms with van der Waals surface area (Å²) in [6.07, 6.45) is 7.24. The molecule has 0 spiro atoms. The maximum atomic E-state index is 9.16. The number of aryl methyl sites for hydroxylation is 1. The average Bonchev–Trinajstić information content (AvgIpc) is 3.32. The van der Waals surface area contributed by atoms with Crippen LogP contribution in [0.25, 0.3) is 11.0 Å². The number of anilines is 1. The van der Waals surface area contributed by atoms with Crippen molar-refractivity contribution in [1.82, 2.24) is 34.3 Å². The van der Waals surface area contributed by atoms with Crippen molar-refractivity contribution in [2.45, 2.75) is 52.7 Å². The van der Waals surface area contributed by atoms with Gasteiger partial charge >= 0.3 is 0 Å². The monoisotopic (exact) mass is 432 g/mol. The van der Waals surface area contributed by atoms with Crippen molar-refractivity contribution in [1.29, 1.82) is 0 Å². The van der Waals surface area contributed by atoms with Crippen LogP contribution < -0.4 is 4.90 Å². The molecule has 0 amide bonds. The molecule has 5 rings (SSSR count). The second-order valence-corrected chi connectivity index (χ2v) is 8.57. The van der Waals surface area contributed by atoms with Gasteiger partial charge < -0.3 is 14.6 Å². The SMILES string of the molecule is Cc1nc2cnc(Cc3ccnc(N4CCc5cn(CCO)nc5C4)n3)cc2n1C(C)C. The Morgan fingerprint density at radius 1 is 1.16 bits per heavy atom. The topological polar surface area (TPSA) is 97.8 Å². The van der Waals surface area contributed by atoms with Crippen molar-refractivity contribution in [3.63, 3.8) is 0 Å². The highest BCUT2D eigenvalue weighted by atomic mass is 16.3. The fraction of sp³-hybridized carbons (Fsp3) is 0.435. The predicted octanol–water partition coefficient (Wildman–Crippen LogP) is 2.45. The first-order chi connectivity index (χ1) is 15.5. The maximum Gasteiger partial charge on any atom is 0.225 e. The quantitative estimate of drug-likeness (QED) is 0.500. The van der Waals surface area contributed by atoms with E-state index in [9.17, 15) is 0 Å². The van der Waals surface area contributed by atoms with Crippen LogP contribution in [0.4, 0.5) is 5.95 Å². The molecule has 0 bridgehead atoms. The molecule has 0 aromatic carbocycles. The number of rotatable bonds is 6. The van der Waals surface area contributed by atoms with E-state index in [-0.39, 0.29) is 6.61 Å². The summed E-state index contributed by atoms with van der Waals surface area (Å²) in [5.74, 6) is 1.72. The third kappa shape index (κ3) is 3.84. The third-order valence-electron chi connectivity index (χ3n) is 5.92. The summed E-state index contributed by atoms with van der Waals surface area (Å²) in [7, 11) is 0. The van der Waals surface area contributed by atoms with Gasteiger partial charge in [-0.15, -0.1) is 0 Å². The normalized spacial score (nSPS) is 13.8. The van der Waals surface area contributed by atoms with Crippen molar-refractivity contribution in [2.24, 2.45) is 0 Å². The van der Waals surface area contributed by atoms with Gasteiger partial charge in [-0.1, -0.05) is 0 Å². The minimum absolute atomic E-state index is 0.0901. The van der Waals surface area contributed by atoms with E-state index in [0.717, 1.165) is 46.9 Å². The van der Waals surface area contributed by atoms with E-state index < -0.39 is 0 Å². The lowest BCUT2D eigenvalue weighted by atomic mass is 10.1. The van der Waals surface area contributed by atoms with Crippen LogP contribution in [0.1, 0.15) is 48.4 Å². The summed E-state index contributed by atoms with van der Waals surface area (Å²) < 4.78 is 4.06. The minimum atomic E-state index is 0.0901. The second-order valence-electron chi connectivity index (χ2n) is 8.57. The molecular weight excluding hydrogens is 404 g/mol. The molecule has 4 aromatic heterocycles. The van der Waals surface area contributed by atoms with Crippen LogP contribution in [0.5, 0.6) is 0 Å². The zero-order chi connectivity index (χ0) is 22.2. The van der Waals surface area contributed by atoms with Crippen molar-refractivity contribution in [3.8, 4) is 0 Å². The Morgan fingerprint density at radius 3 is 2.84 bits per heavy atom. The maximum absolute atomic E-state index is 9.16. The standard InChI is InChI=1S/C23H28N8O/c1-15(2)31-16(3)26-20-12-25-19(11-22(20)31)10-18-4-6-24-23(27-18)29-7-5-17-13-30(8-9-32)28-21(17)14-29/h4,6,11-13,15,32H,5,7-10,14H2,1-3H3. The first kappa shape index (κ1) is 20.6. The molecule has 166 valence electrons. The molecule has 0 unspecified atom stereocenters. The Labute approximate surface area is 186 Å². The molecule has 1 aliphatic heterocycles. The van der Waals surface area contributed by atoms with E-state index in [2.05, 4.69) is 49.4 Å². The lowest BCUT2D eigenvalue weighted by molar-refractivity contribution is 0.269. The first-order valence-electron chi connectivity index (χ1n) is 11.1. The summed E-state index contributed by atoms with van der Waals surface area (Å²) in [6.45, 7) is 8.50. The van der Waals surface area contributed by atoms with Gasteiger partial charge in [-0.3, -0.25) is 9.67 Å². The molecule has 0 aliphatic carbocycles. The summed E-state index contributed by atoms with van der Waals surface area (Å²) in [5, 5.41) is 13.8. The first-order valence-corrected chi connectivity index (χ1v) is 11.1. The van der Waals surface area contributed by atoms with Crippen LogP contribution in [-0.4, -0.2) is 52.5 Å². The molecule has 4 aromatic rings. The zero-order valence-corrected chi connectivity index (χ0v) is 18.7. The molecule has 0 fully saturated rings. The largest absolute Gasteiger partial charge is 0.394 e. The Balaban J connectivity index is 1.37. The number of imidazole rings is 1. The molecule has 9 nitrogen and oxygen atoms in total. The Hall–Kier alpha value is -3.33. The number of hydrogen-bond acceptors (Lipinski definition) is 7. The molecule has 5 heterocycles. The van der Waals surface area contributed by atoms with E-state index in [4.69, 9.17) is 10.1 Å². The number of fused-ring (bicyclic) bond motifs is 2. The molecule has 32 heavy (non-hydrogen) atoms. The van der Waals surface area contributed by atoms with Crippen LogP contribution in [-0.2, 0) is 25.9 Å². The molecule has 0 radical (unpaired) electrons. The molecular formula is C23H28N8O. The number of aliphatic hydroxyl groups excluding tert-OH is 1. The van der Waals surface area contributed by atoms with Crippen LogP contribution in [0.15, 0.2) is 30.7 Å². The Morgan fingerprint density at radius 2 is 2.03 bits per heavy atom. The summed E-state index contributed by atoms with van der Waals surface area (Å²) in [5.41, 5.74) is 6.20. The van der Waals surface area contributed by atoms with Crippen LogP contribution in [0.2, 0.25) is 0 Å². The molecule has 0 atom stereocenters. The smallest absolute Gasteiger partial charge is 0.225 e. The fourth-order valence-corrected chi connectivity index (χ4v) is 4.48. The van der Waals surface area contributed by atoms with E-state index in [1.165, 1.54) is 5.56 Å². The van der Waals surface area contributed by atoms with Crippen molar-refractivity contribution in [2.75, 3.05) is 18.1 Å². The van der Waals surface area contributed by atoms with Gasteiger partial charge in [0.05, 0.1) is 42.8 Å². The number of nitrogens with zero attached hydrogens (tertiary/aromatic N) is 8. The Kier molecular flexibility index (Phi) is 5.34. The number of aromatic nitrogens is 7. The zero-order valence-electron chi connectivity index (χ0n) is 18.7. The summed E-state index contributed by atoms with van der Waals surface area (Å²) in [4.78, 5) is 20.8. The van der Waals surface area contributed by atoms with E-state index in [0.29, 0.717) is 31.5 Å². The van der Waals surface area contributed by atoms with Gasteiger partial charge in [0.25, 0.3) is 0 Å². The van der Waals surface area contributed by atoms with Gasteiger partial charge in [0.2, 0.25) is 5.95 Å². The van der Waals surface area contributed by atoms with Crippen molar-refractivity contribution >= 4 is 17.0 Å². The highest BCUT2D eigenvalue weighted by Crippen LogP contribution is 2.23. The van der Waals surface area contributed by atoms with Gasteiger partial charge in [0.1, 0.15) is 11.3 Å². The third-order valence-corrected chi connectivity index (χ3v) is 5.92. The number of hydrogen-bond donors (Lipinski definition) is 1. The molecule has 1 N–H and O–H groups in total. The van der Waals surface area contributed by atoms with E-state index in [1.807, 2.05) is 36.3 Å². The highest BCUT2D eigenvalue weighted by Gasteiger charge is 2.22. The Bertz CT molecular complexity index is 1260. The second kappa shape index (κ2) is 8.31. The van der Waals surface area contributed by atoms with Crippen LogP contribution in [0, 0.1) is 6.92 Å². The fourth-order valence-electron chi connectivity index (χ4n) is 4.48. The van der Waals surface area contributed by atoms with Gasteiger partial charge in [-0.25, -0.2) is 15.0 Å². The molecule has 0 saturated carbocycles. The number of aliphatic hydroxyl groups is 1. The predicted molar refractivity (Wildman–Crippen MR) is 122 cm³/mol. The number of pyridine rings is 1. The molecule has 0 saturated heterocycles. The van der Waals surface area contributed by atoms with Crippen molar-refractivity contribution < 1.29 is 5.11 Å². The molecule has 9 heteroatoms. The molecule has 1 aliphatic rings.